The molecule has 1 aromatic carbocycles. The molecular weight excluding hydrogens is 276 g/mol. The summed E-state index contributed by atoms with van der Waals surface area (Å²) in [6.45, 7) is 6.36. The van der Waals surface area contributed by atoms with Gasteiger partial charge in [-0.2, -0.15) is 0 Å². The molecule has 6 heteroatoms. The van der Waals surface area contributed by atoms with Crippen molar-refractivity contribution in [3.05, 3.63) is 33.9 Å². The maximum atomic E-state index is 5.52. The monoisotopic (exact) mass is 298 g/mol. The summed E-state index contributed by atoms with van der Waals surface area (Å²) in [6.07, 6.45) is 0. The van der Waals surface area contributed by atoms with Gasteiger partial charge >= 0.3 is 0 Å². The molecule has 1 aromatic rings. The van der Waals surface area contributed by atoms with E-state index in [9.17, 15) is 0 Å². The summed E-state index contributed by atoms with van der Waals surface area (Å²) in [5.41, 5.74) is 17.4. The minimum atomic E-state index is 0.398. The van der Waals surface area contributed by atoms with Crippen molar-refractivity contribution in [2.45, 2.75) is 32.3 Å². The first kappa shape index (κ1) is 15.9. The lowest BCUT2D eigenvalue weighted by Gasteiger charge is -2.16. The number of hydrogen-bond acceptors (Lipinski definition) is 2. The fourth-order valence-corrected chi connectivity index (χ4v) is 3.54. The Balaban J connectivity index is 3.07. The van der Waals surface area contributed by atoms with Gasteiger partial charge < -0.3 is 0 Å². The minimum Gasteiger partial charge on any atom is -0.282 e. The van der Waals surface area contributed by atoms with E-state index in [0.29, 0.717) is 10.3 Å². The minimum absolute atomic E-state index is 0.398. The van der Waals surface area contributed by atoms with Crippen molar-refractivity contribution in [1.29, 1.82) is 0 Å². The third-order valence-electron chi connectivity index (χ3n) is 3.06. The van der Waals surface area contributed by atoms with E-state index in [1.807, 2.05) is 0 Å². The van der Waals surface area contributed by atoms with Crippen LogP contribution in [0.25, 0.3) is 0 Å². The zero-order chi connectivity index (χ0) is 14.6. The van der Waals surface area contributed by atoms with Gasteiger partial charge in [0.15, 0.2) is 0 Å². The molecule has 0 heterocycles. The van der Waals surface area contributed by atoms with Crippen molar-refractivity contribution in [3.8, 4) is 0 Å². The largest absolute Gasteiger partial charge is 0.300 e. The van der Waals surface area contributed by atoms with Crippen molar-refractivity contribution >= 4 is 33.9 Å². The molecule has 0 aliphatic heterocycles. The Morgan fingerprint density at radius 3 is 1.63 bits per heavy atom. The first-order valence-electron chi connectivity index (χ1n) is 5.92. The predicted molar refractivity (Wildman–Crippen MR) is 85.5 cm³/mol. The van der Waals surface area contributed by atoms with E-state index in [2.05, 4.69) is 26.8 Å². The Morgan fingerprint density at radius 2 is 1.32 bits per heavy atom. The summed E-state index contributed by atoms with van der Waals surface area (Å²) in [5, 5.41) is 11.8. The molecule has 0 amide bonds. The molecule has 0 saturated carbocycles. The average molecular weight is 298 g/mol. The second-order valence-electron chi connectivity index (χ2n) is 4.47. The number of aryl methyl sites for hydroxylation is 2. The molecule has 0 aromatic heterocycles. The molecule has 0 aliphatic carbocycles. The summed E-state index contributed by atoms with van der Waals surface area (Å²) < 4.78 is 0. The van der Waals surface area contributed by atoms with Crippen LogP contribution in [0.1, 0.15) is 27.8 Å². The van der Waals surface area contributed by atoms with E-state index in [-0.39, 0.29) is 0 Å². The molecule has 0 unspecified atom stereocenters. The highest BCUT2D eigenvalue weighted by atomic mass is 32.2. The summed E-state index contributed by atoms with van der Waals surface area (Å²) in [4.78, 5) is 0. The molecule has 0 spiro atoms. The maximum Gasteiger partial charge on any atom is 0.300 e. The van der Waals surface area contributed by atoms with Gasteiger partial charge in [-0.25, -0.2) is 0 Å². The van der Waals surface area contributed by atoms with Crippen LogP contribution in [0.4, 0.5) is 0 Å². The first-order chi connectivity index (χ1) is 8.82. The normalized spacial score (nSPS) is 10.5. The number of thioether (sulfide) groups is 2. The van der Waals surface area contributed by atoms with Crippen LogP contribution < -0.4 is 22.3 Å². The van der Waals surface area contributed by atoms with Crippen molar-refractivity contribution in [2.75, 3.05) is 0 Å². The smallest absolute Gasteiger partial charge is 0.282 e. The molecule has 1 rings (SSSR count). The van der Waals surface area contributed by atoms with Gasteiger partial charge in [-0.3, -0.25) is 22.3 Å². The van der Waals surface area contributed by atoms with Crippen LogP contribution in [-0.4, -0.2) is 10.3 Å². The van der Waals surface area contributed by atoms with Crippen molar-refractivity contribution < 1.29 is 10.8 Å². The van der Waals surface area contributed by atoms with Gasteiger partial charge in [0, 0.05) is 11.5 Å². The van der Waals surface area contributed by atoms with Crippen molar-refractivity contribution in [1.82, 2.24) is 0 Å². The van der Waals surface area contributed by atoms with Gasteiger partial charge in [0.05, 0.1) is 0 Å². The van der Waals surface area contributed by atoms with Gasteiger partial charge in [-0.15, -0.1) is 0 Å². The standard InChI is InChI=1S/C13H20N4S2/c1-7-4-8(2)11(6-19-13(16)17)9(3)10(7)5-18-12(14)15/h4H,5-6H2,1-3H3,(H3,14,15)(H3,16,17)/p+2. The molecule has 0 atom stereocenters. The van der Waals surface area contributed by atoms with Crippen LogP contribution in [-0.2, 0) is 11.5 Å². The van der Waals surface area contributed by atoms with Gasteiger partial charge in [-0.05, 0) is 72.1 Å². The second-order valence-corrected chi connectivity index (χ2v) is 6.57. The maximum absolute atomic E-state index is 5.52. The number of hydrogen-bond donors (Lipinski definition) is 4. The molecule has 0 saturated heterocycles. The van der Waals surface area contributed by atoms with Crippen molar-refractivity contribution in [2.24, 2.45) is 11.5 Å². The van der Waals surface area contributed by atoms with Crippen molar-refractivity contribution in [3.63, 3.8) is 0 Å². The number of nitrogens with two attached hydrogens (primary N) is 4. The number of amidine groups is 2. The lowest BCUT2D eigenvalue weighted by molar-refractivity contribution is -0.110. The van der Waals surface area contributed by atoms with Gasteiger partial charge in [-0.1, -0.05) is 6.07 Å². The van der Waals surface area contributed by atoms with E-state index in [0.717, 1.165) is 11.5 Å². The molecule has 8 N–H and O–H groups in total. The number of rotatable bonds is 4. The van der Waals surface area contributed by atoms with E-state index in [1.165, 1.54) is 51.3 Å². The van der Waals surface area contributed by atoms with Crippen LogP contribution in [0.5, 0.6) is 0 Å². The van der Waals surface area contributed by atoms with Crippen LogP contribution >= 0.6 is 23.5 Å². The Morgan fingerprint density at radius 1 is 0.947 bits per heavy atom. The van der Waals surface area contributed by atoms with Crippen LogP contribution in [0, 0.1) is 20.8 Å². The molecule has 0 aliphatic rings. The van der Waals surface area contributed by atoms with E-state index in [4.69, 9.17) is 22.3 Å². The van der Waals surface area contributed by atoms with Crippen LogP contribution in [0.2, 0.25) is 0 Å². The zero-order valence-electron chi connectivity index (χ0n) is 11.6. The van der Waals surface area contributed by atoms with E-state index >= 15 is 0 Å². The molecule has 4 nitrogen and oxygen atoms in total. The first-order valence-corrected chi connectivity index (χ1v) is 7.90. The quantitative estimate of drug-likeness (QED) is 0.433. The SMILES string of the molecule is Cc1cc(C)c(CSC(N)=[NH2+])c(C)c1CSC(N)=[NH2+]. The highest BCUT2D eigenvalue weighted by Gasteiger charge is 2.13. The molecular formula is C13H22N4S2+2. The molecule has 19 heavy (non-hydrogen) atoms. The molecule has 0 bridgehead atoms. The molecule has 104 valence electrons. The predicted octanol–water partition coefficient (Wildman–Crippen LogP) is -0.774. The van der Waals surface area contributed by atoms with E-state index in [1.54, 1.807) is 0 Å². The Bertz CT molecular complexity index is 470. The average Bonchev–Trinajstić information content (AvgIpc) is 2.27. The summed E-state index contributed by atoms with van der Waals surface area (Å²) >= 11 is 2.92. The number of benzene rings is 1. The third-order valence-corrected chi connectivity index (χ3v) is 4.59. The topological polar surface area (TPSA) is 103 Å². The highest BCUT2D eigenvalue weighted by molar-refractivity contribution is 8.13. The van der Waals surface area contributed by atoms with Gasteiger partial charge in [0.2, 0.25) is 0 Å². The van der Waals surface area contributed by atoms with Crippen LogP contribution in [0.3, 0.4) is 0 Å². The Hall–Kier alpha value is -1.14. The Labute approximate surface area is 122 Å². The molecule has 0 radical (unpaired) electrons. The fraction of sp³-hybridized carbons (Fsp3) is 0.385. The molecule has 0 fully saturated rings. The lowest BCUT2D eigenvalue weighted by atomic mass is 9.95. The van der Waals surface area contributed by atoms with Crippen LogP contribution in [0.15, 0.2) is 6.07 Å². The second kappa shape index (κ2) is 6.86. The zero-order valence-corrected chi connectivity index (χ0v) is 13.3. The summed E-state index contributed by atoms with van der Waals surface area (Å²) in [5.74, 6) is 1.58. The fourth-order valence-electron chi connectivity index (χ4n) is 2.03. The van der Waals surface area contributed by atoms with E-state index < -0.39 is 0 Å². The highest BCUT2D eigenvalue weighted by Crippen LogP contribution is 2.28. The Kier molecular flexibility index (Phi) is 5.75. The third kappa shape index (κ3) is 4.47. The lowest BCUT2D eigenvalue weighted by Crippen LogP contribution is -2.43. The summed E-state index contributed by atoms with van der Waals surface area (Å²) in [6, 6.07) is 2.19. The van der Waals surface area contributed by atoms with Gasteiger partial charge in [0.25, 0.3) is 10.3 Å². The van der Waals surface area contributed by atoms with Gasteiger partial charge in [0.1, 0.15) is 0 Å². The summed E-state index contributed by atoms with van der Waals surface area (Å²) in [7, 11) is 0.